The predicted octanol–water partition coefficient (Wildman–Crippen LogP) is 4.38. The molecule has 0 amide bonds. The van der Waals surface area contributed by atoms with Crippen molar-refractivity contribution in [1.29, 1.82) is 5.26 Å². The van der Waals surface area contributed by atoms with Gasteiger partial charge in [0.1, 0.15) is 11.8 Å². The van der Waals surface area contributed by atoms with Gasteiger partial charge in [0.25, 0.3) is 0 Å². The number of anilines is 1. The summed E-state index contributed by atoms with van der Waals surface area (Å²) >= 11 is 5.99. The van der Waals surface area contributed by atoms with E-state index in [1.807, 2.05) is 18.2 Å². The number of ether oxygens (including phenoxy) is 2. The molecule has 0 unspecified atom stereocenters. The zero-order valence-corrected chi connectivity index (χ0v) is 15.0. The molecule has 0 aliphatic carbocycles. The maximum absolute atomic E-state index is 9.34. The largest absolute Gasteiger partial charge is 0.497 e. The molecule has 5 heteroatoms. The Bertz CT molecular complexity index is 762. The van der Waals surface area contributed by atoms with Gasteiger partial charge in [-0.15, -0.1) is 0 Å². The number of rotatable bonds is 5. The summed E-state index contributed by atoms with van der Waals surface area (Å²) in [6.07, 6.45) is 1.86. The van der Waals surface area contributed by atoms with Gasteiger partial charge in [0.2, 0.25) is 0 Å². The number of methoxy groups -OCH3 is 1. The summed E-state index contributed by atoms with van der Waals surface area (Å²) in [5, 5.41) is 13.4. The first-order valence-electron chi connectivity index (χ1n) is 8.33. The van der Waals surface area contributed by atoms with E-state index in [4.69, 9.17) is 21.1 Å². The third-order valence-corrected chi connectivity index (χ3v) is 5.11. The van der Waals surface area contributed by atoms with E-state index in [0.717, 1.165) is 44.0 Å². The number of hydrogen-bond donors (Lipinski definition) is 1. The molecule has 4 nitrogen and oxygen atoms in total. The molecule has 25 heavy (non-hydrogen) atoms. The van der Waals surface area contributed by atoms with Gasteiger partial charge in [0, 0.05) is 30.2 Å². The lowest BCUT2D eigenvalue weighted by Gasteiger charge is -2.38. The molecule has 1 aliphatic heterocycles. The van der Waals surface area contributed by atoms with Crippen LogP contribution in [-0.4, -0.2) is 26.9 Å². The van der Waals surface area contributed by atoms with Crippen LogP contribution in [0.25, 0.3) is 0 Å². The van der Waals surface area contributed by atoms with Crippen LogP contribution in [0, 0.1) is 11.3 Å². The standard InChI is InChI=1S/C20H21ClN2O2/c1-24-18-5-2-16(3-6-18)20(8-10-25-11-9-20)14-23-19-7-4-17(21)12-15(19)13-22/h2-7,12,23H,8-11,14H2,1H3. The molecule has 3 rings (SSSR count). The van der Waals surface area contributed by atoms with Crippen molar-refractivity contribution >= 4 is 17.3 Å². The number of nitriles is 1. The Hall–Kier alpha value is -2.22. The zero-order valence-electron chi connectivity index (χ0n) is 14.2. The van der Waals surface area contributed by atoms with E-state index in [1.54, 1.807) is 19.2 Å². The Morgan fingerprint density at radius 2 is 1.92 bits per heavy atom. The molecule has 0 spiro atoms. The van der Waals surface area contributed by atoms with Crippen LogP contribution in [0.1, 0.15) is 24.0 Å². The van der Waals surface area contributed by atoms with Crippen molar-refractivity contribution in [3.63, 3.8) is 0 Å². The van der Waals surface area contributed by atoms with Crippen molar-refractivity contribution in [2.75, 3.05) is 32.2 Å². The Labute approximate surface area is 153 Å². The highest BCUT2D eigenvalue weighted by molar-refractivity contribution is 6.30. The fourth-order valence-corrected chi connectivity index (χ4v) is 3.47. The summed E-state index contributed by atoms with van der Waals surface area (Å²) in [6.45, 7) is 2.21. The van der Waals surface area contributed by atoms with Gasteiger partial charge in [0.05, 0.1) is 18.4 Å². The van der Waals surface area contributed by atoms with Crippen LogP contribution in [0.3, 0.4) is 0 Å². The van der Waals surface area contributed by atoms with E-state index < -0.39 is 0 Å². The van der Waals surface area contributed by atoms with Crippen molar-refractivity contribution in [3.05, 3.63) is 58.6 Å². The molecule has 1 saturated heterocycles. The molecule has 130 valence electrons. The first-order chi connectivity index (χ1) is 12.2. The lowest BCUT2D eigenvalue weighted by atomic mass is 9.74. The number of halogens is 1. The molecule has 0 aromatic heterocycles. The molecular formula is C20H21ClN2O2. The van der Waals surface area contributed by atoms with Gasteiger partial charge in [-0.1, -0.05) is 23.7 Å². The molecule has 0 saturated carbocycles. The maximum atomic E-state index is 9.34. The summed E-state index contributed by atoms with van der Waals surface area (Å²) in [5.41, 5.74) is 2.60. The minimum absolute atomic E-state index is 0.0309. The van der Waals surface area contributed by atoms with Crippen LogP contribution in [0.5, 0.6) is 5.75 Å². The van der Waals surface area contributed by atoms with Crippen molar-refractivity contribution in [3.8, 4) is 11.8 Å². The summed E-state index contributed by atoms with van der Waals surface area (Å²) in [6, 6.07) is 15.8. The van der Waals surface area contributed by atoms with E-state index >= 15 is 0 Å². The van der Waals surface area contributed by atoms with Gasteiger partial charge in [-0.05, 0) is 48.7 Å². The van der Waals surface area contributed by atoms with Gasteiger partial charge in [-0.3, -0.25) is 0 Å². The summed E-state index contributed by atoms with van der Waals surface area (Å²) in [4.78, 5) is 0. The molecule has 0 bridgehead atoms. The first kappa shape index (κ1) is 17.6. The second-order valence-corrected chi connectivity index (χ2v) is 6.71. The van der Waals surface area contributed by atoms with E-state index in [0.29, 0.717) is 10.6 Å². The molecule has 0 radical (unpaired) electrons. The molecule has 1 aliphatic rings. The van der Waals surface area contributed by atoms with Crippen molar-refractivity contribution in [1.82, 2.24) is 0 Å². The lowest BCUT2D eigenvalue weighted by Crippen LogP contribution is -2.40. The fraction of sp³-hybridized carbons (Fsp3) is 0.350. The molecule has 1 N–H and O–H groups in total. The van der Waals surface area contributed by atoms with Crippen LogP contribution in [0.4, 0.5) is 5.69 Å². The summed E-state index contributed by atoms with van der Waals surface area (Å²) in [7, 11) is 1.67. The zero-order chi connectivity index (χ0) is 17.7. The Kier molecular flexibility index (Phi) is 5.47. The highest BCUT2D eigenvalue weighted by atomic mass is 35.5. The number of benzene rings is 2. The minimum atomic E-state index is -0.0309. The summed E-state index contributed by atoms with van der Waals surface area (Å²) < 4.78 is 10.9. The average Bonchev–Trinajstić information content (AvgIpc) is 2.67. The van der Waals surface area contributed by atoms with Crippen LogP contribution < -0.4 is 10.1 Å². The van der Waals surface area contributed by atoms with E-state index in [-0.39, 0.29) is 5.41 Å². The smallest absolute Gasteiger partial charge is 0.118 e. The topological polar surface area (TPSA) is 54.3 Å². The highest BCUT2D eigenvalue weighted by Gasteiger charge is 2.34. The summed E-state index contributed by atoms with van der Waals surface area (Å²) in [5.74, 6) is 0.850. The molecule has 1 fully saturated rings. The molecule has 2 aromatic rings. The Morgan fingerprint density at radius 3 is 2.56 bits per heavy atom. The second-order valence-electron chi connectivity index (χ2n) is 6.28. The minimum Gasteiger partial charge on any atom is -0.497 e. The monoisotopic (exact) mass is 356 g/mol. The highest BCUT2D eigenvalue weighted by Crippen LogP contribution is 2.36. The van der Waals surface area contributed by atoms with E-state index in [9.17, 15) is 5.26 Å². The van der Waals surface area contributed by atoms with Gasteiger partial charge in [-0.25, -0.2) is 0 Å². The third-order valence-electron chi connectivity index (χ3n) is 4.87. The second kappa shape index (κ2) is 7.77. The van der Waals surface area contributed by atoms with Crippen LogP contribution in [-0.2, 0) is 10.2 Å². The molecular weight excluding hydrogens is 336 g/mol. The van der Waals surface area contributed by atoms with Gasteiger partial charge in [-0.2, -0.15) is 5.26 Å². The predicted molar refractivity (Wildman–Crippen MR) is 99.4 cm³/mol. The Balaban J connectivity index is 1.85. The van der Waals surface area contributed by atoms with Crippen LogP contribution >= 0.6 is 11.6 Å². The maximum Gasteiger partial charge on any atom is 0.118 e. The SMILES string of the molecule is COc1ccc(C2(CNc3ccc(Cl)cc3C#N)CCOCC2)cc1. The number of nitrogens with one attached hydrogen (secondary N) is 1. The van der Waals surface area contributed by atoms with Crippen molar-refractivity contribution in [2.24, 2.45) is 0 Å². The number of nitrogens with zero attached hydrogens (tertiary/aromatic N) is 1. The molecule has 1 heterocycles. The van der Waals surface area contributed by atoms with E-state index in [1.165, 1.54) is 5.56 Å². The average molecular weight is 357 g/mol. The van der Waals surface area contributed by atoms with Crippen molar-refractivity contribution < 1.29 is 9.47 Å². The van der Waals surface area contributed by atoms with E-state index in [2.05, 4.69) is 23.5 Å². The van der Waals surface area contributed by atoms with Crippen LogP contribution in [0.15, 0.2) is 42.5 Å². The lowest BCUT2D eigenvalue weighted by molar-refractivity contribution is 0.0544. The fourth-order valence-electron chi connectivity index (χ4n) is 3.30. The van der Waals surface area contributed by atoms with Gasteiger partial charge >= 0.3 is 0 Å². The van der Waals surface area contributed by atoms with Gasteiger partial charge in [0.15, 0.2) is 0 Å². The Morgan fingerprint density at radius 1 is 1.20 bits per heavy atom. The normalized spacial score (nSPS) is 16.0. The molecule has 0 atom stereocenters. The first-order valence-corrected chi connectivity index (χ1v) is 8.70. The van der Waals surface area contributed by atoms with Gasteiger partial charge < -0.3 is 14.8 Å². The third kappa shape index (κ3) is 3.89. The number of hydrogen-bond acceptors (Lipinski definition) is 4. The van der Waals surface area contributed by atoms with Crippen LogP contribution in [0.2, 0.25) is 5.02 Å². The molecule has 2 aromatic carbocycles. The quantitative estimate of drug-likeness (QED) is 0.863. The van der Waals surface area contributed by atoms with Crippen molar-refractivity contribution in [2.45, 2.75) is 18.3 Å².